The number of rotatable bonds is 4. The summed E-state index contributed by atoms with van der Waals surface area (Å²) in [6.45, 7) is 0.590. The van der Waals surface area contributed by atoms with Crippen molar-refractivity contribution >= 4 is 5.69 Å². The molecule has 18 heavy (non-hydrogen) atoms. The van der Waals surface area contributed by atoms with Crippen LogP contribution in [0.15, 0.2) is 18.2 Å². The molecule has 1 fully saturated rings. The second-order valence-corrected chi connectivity index (χ2v) is 4.51. The molecule has 94 valence electrons. The predicted molar refractivity (Wildman–Crippen MR) is 65.3 cm³/mol. The molecule has 5 heteroatoms. The summed E-state index contributed by atoms with van der Waals surface area (Å²) in [5.74, 6) is 0.988. The van der Waals surface area contributed by atoms with E-state index in [1.165, 1.54) is 31.0 Å². The molecule has 0 saturated heterocycles. The molecule has 0 amide bonds. The number of ether oxygens (including phenoxy) is 1. The monoisotopic (exact) mass is 246 g/mol. The normalized spacial score (nSPS) is 15.3. The molecule has 0 aromatic heterocycles. The molecular weight excluding hydrogens is 232 g/mol. The molecule has 5 nitrogen and oxygen atoms in total. The average Bonchev–Trinajstić information content (AvgIpc) is 2.89. The summed E-state index contributed by atoms with van der Waals surface area (Å²) in [6.07, 6.45) is 4.79. The van der Waals surface area contributed by atoms with Crippen LogP contribution in [0.2, 0.25) is 0 Å². The Labute approximate surface area is 105 Å². The van der Waals surface area contributed by atoms with Crippen LogP contribution in [0.5, 0.6) is 5.75 Å². The Kier molecular flexibility index (Phi) is 3.78. The van der Waals surface area contributed by atoms with E-state index >= 15 is 0 Å². The molecule has 2 rings (SSSR count). The Bertz CT molecular complexity index is 487. The number of nitro groups is 1. The van der Waals surface area contributed by atoms with Crippen molar-refractivity contribution in [2.75, 3.05) is 6.61 Å². The number of non-ortho nitro benzene ring substituents is 1. The number of benzene rings is 1. The second-order valence-electron chi connectivity index (χ2n) is 4.51. The number of hydrogen-bond acceptors (Lipinski definition) is 4. The minimum atomic E-state index is -0.512. The molecule has 0 radical (unpaired) electrons. The standard InChI is InChI=1S/C13H14N2O3/c14-8-11-7-12(15(16)17)5-6-13(11)18-9-10-3-1-2-4-10/h5-7,10H,1-4,9H2. The maximum absolute atomic E-state index is 10.6. The predicted octanol–water partition coefficient (Wildman–Crippen LogP) is 3.04. The van der Waals surface area contributed by atoms with Crippen molar-refractivity contribution in [2.24, 2.45) is 5.92 Å². The van der Waals surface area contributed by atoms with Crippen molar-refractivity contribution < 1.29 is 9.66 Å². The van der Waals surface area contributed by atoms with Crippen LogP contribution in [0.1, 0.15) is 31.2 Å². The van der Waals surface area contributed by atoms with Crippen LogP contribution in [0.4, 0.5) is 5.69 Å². The van der Waals surface area contributed by atoms with Crippen molar-refractivity contribution in [3.05, 3.63) is 33.9 Å². The maximum atomic E-state index is 10.6. The molecule has 1 aromatic rings. The van der Waals surface area contributed by atoms with E-state index in [1.807, 2.05) is 6.07 Å². The van der Waals surface area contributed by atoms with Gasteiger partial charge in [-0.15, -0.1) is 0 Å². The summed E-state index contributed by atoms with van der Waals surface area (Å²) in [6, 6.07) is 6.06. The van der Waals surface area contributed by atoms with E-state index in [4.69, 9.17) is 10.00 Å². The third-order valence-corrected chi connectivity index (χ3v) is 3.24. The first-order valence-corrected chi connectivity index (χ1v) is 6.02. The molecule has 1 saturated carbocycles. The van der Waals surface area contributed by atoms with Crippen LogP contribution >= 0.6 is 0 Å². The van der Waals surface area contributed by atoms with Crippen molar-refractivity contribution in [3.8, 4) is 11.8 Å². The topological polar surface area (TPSA) is 76.2 Å². The molecular formula is C13H14N2O3. The molecule has 0 unspecified atom stereocenters. The fraction of sp³-hybridized carbons (Fsp3) is 0.462. The summed E-state index contributed by atoms with van der Waals surface area (Å²) in [7, 11) is 0. The highest BCUT2D eigenvalue weighted by Gasteiger charge is 2.17. The van der Waals surface area contributed by atoms with Crippen LogP contribution in [0.3, 0.4) is 0 Å². The zero-order chi connectivity index (χ0) is 13.0. The smallest absolute Gasteiger partial charge is 0.271 e. The van der Waals surface area contributed by atoms with E-state index in [9.17, 15) is 10.1 Å². The van der Waals surface area contributed by atoms with Gasteiger partial charge in [0.1, 0.15) is 17.4 Å². The molecule has 1 aromatic carbocycles. The van der Waals surface area contributed by atoms with Gasteiger partial charge in [-0.3, -0.25) is 10.1 Å². The molecule has 0 aliphatic heterocycles. The van der Waals surface area contributed by atoms with Crippen LogP contribution in [0, 0.1) is 27.4 Å². The molecule has 1 aliphatic rings. The van der Waals surface area contributed by atoms with Gasteiger partial charge in [-0.1, -0.05) is 12.8 Å². The van der Waals surface area contributed by atoms with Crippen molar-refractivity contribution in [2.45, 2.75) is 25.7 Å². The van der Waals surface area contributed by atoms with Gasteiger partial charge in [0.05, 0.1) is 11.5 Å². The van der Waals surface area contributed by atoms with Gasteiger partial charge in [-0.25, -0.2) is 0 Å². The van der Waals surface area contributed by atoms with E-state index < -0.39 is 4.92 Å². The van der Waals surface area contributed by atoms with Gasteiger partial charge in [-0.2, -0.15) is 5.26 Å². The first-order valence-electron chi connectivity index (χ1n) is 6.02. The van der Waals surface area contributed by atoms with Gasteiger partial charge in [0.2, 0.25) is 0 Å². The van der Waals surface area contributed by atoms with Crippen LogP contribution in [-0.4, -0.2) is 11.5 Å². The third kappa shape index (κ3) is 2.77. The van der Waals surface area contributed by atoms with Gasteiger partial charge in [0.25, 0.3) is 5.69 Å². The van der Waals surface area contributed by atoms with Crippen molar-refractivity contribution in [1.29, 1.82) is 5.26 Å². The Morgan fingerprint density at radius 2 is 2.17 bits per heavy atom. The Morgan fingerprint density at radius 1 is 1.44 bits per heavy atom. The molecule has 0 heterocycles. The average molecular weight is 246 g/mol. The van der Waals surface area contributed by atoms with Crippen LogP contribution in [0.25, 0.3) is 0 Å². The van der Waals surface area contributed by atoms with Crippen molar-refractivity contribution in [3.63, 3.8) is 0 Å². The fourth-order valence-electron chi connectivity index (χ4n) is 2.23. The lowest BCUT2D eigenvalue weighted by Gasteiger charge is -2.12. The summed E-state index contributed by atoms with van der Waals surface area (Å²) >= 11 is 0. The first kappa shape index (κ1) is 12.4. The molecule has 0 atom stereocenters. The number of nitriles is 1. The van der Waals surface area contributed by atoms with E-state index in [-0.39, 0.29) is 11.3 Å². The van der Waals surface area contributed by atoms with Gasteiger partial charge in [0, 0.05) is 12.1 Å². The second kappa shape index (κ2) is 5.50. The molecule has 1 aliphatic carbocycles. The van der Waals surface area contributed by atoms with Crippen LogP contribution in [-0.2, 0) is 0 Å². The lowest BCUT2D eigenvalue weighted by molar-refractivity contribution is -0.384. The van der Waals surface area contributed by atoms with E-state index in [2.05, 4.69) is 0 Å². The molecule has 0 spiro atoms. The van der Waals surface area contributed by atoms with Gasteiger partial charge < -0.3 is 4.74 Å². The molecule has 0 N–H and O–H groups in total. The lowest BCUT2D eigenvalue weighted by Crippen LogP contribution is -2.08. The van der Waals surface area contributed by atoms with Gasteiger partial charge in [-0.05, 0) is 24.8 Å². The van der Waals surface area contributed by atoms with Crippen molar-refractivity contribution in [1.82, 2.24) is 0 Å². The van der Waals surface area contributed by atoms with E-state index in [0.29, 0.717) is 18.3 Å². The lowest BCUT2D eigenvalue weighted by atomic mass is 10.1. The zero-order valence-electron chi connectivity index (χ0n) is 9.96. The maximum Gasteiger partial charge on any atom is 0.271 e. The van der Waals surface area contributed by atoms with E-state index in [0.717, 1.165) is 12.8 Å². The fourth-order valence-corrected chi connectivity index (χ4v) is 2.23. The summed E-state index contributed by atoms with van der Waals surface area (Å²) in [5, 5.41) is 19.6. The third-order valence-electron chi connectivity index (χ3n) is 3.24. The highest BCUT2D eigenvalue weighted by molar-refractivity contribution is 5.50. The largest absolute Gasteiger partial charge is 0.492 e. The zero-order valence-corrected chi connectivity index (χ0v) is 9.96. The Hall–Kier alpha value is -2.09. The first-order chi connectivity index (χ1) is 8.70. The Morgan fingerprint density at radius 3 is 2.78 bits per heavy atom. The number of nitro benzene ring substituents is 1. The van der Waals surface area contributed by atoms with E-state index in [1.54, 1.807) is 0 Å². The highest BCUT2D eigenvalue weighted by atomic mass is 16.6. The number of hydrogen-bond donors (Lipinski definition) is 0. The highest BCUT2D eigenvalue weighted by Crippen LogP contribution is 2.28. The van der Waals surface area contributed by atoms with Crippen LogP contribution < -0.4 is 4.74 Å². The quantitative estimate of drug-likeness (QED) is 0.604. The summed E-state index contributed by atoms with van der Waals surface area (Å²) < 4.78 is 5.60. The Balaban J connectivity index is 2.07. The number of nitrogens with zero attached hydrogens (tertiary/aromatic N) is 2. The summed E-state index contributed by atoms with van der Waals surface area (Å²) in [5.41, 5.74) is 0.141. The van der Waals surface area contributed by atoms with Gasteiger partial charge >= 0.3 is 0 Å². The summed E-state index contributed by atoms with van der Waals surface area (Å²) in [4.78, 5) is 10.1. The minimum absolute atomic E-state index is 0.0835. The minimum Gasteiger partial charge on any atom is -0.492 e. The SMILES string of the molecule is N#Cc1cc([N+](=O)[O-])ccc1OCC1CCCC1. The van der Waals surface area contributed by atoms with Gasteiger partial charge in [0.15, 0.2) is 0 Å². The molecule has 0 bridgehead atoms.